The van der Waals surface area contributed by atoms with Gasteiger partial charge in [-0.2, -0.15) is 0 Å². The third-order valence-electron chi connectivity index (χ3n) is 5.57. The van der Waals surface area contributed by atoms with Gasteiger partial charge in [0.2, 0.25) is 0 Å². The number of aliphatic imine (C=N–C) groups is 1. The maximum absolute atomic E-state index is 12.6. The predicted octanol–water partition coefficient (Wildman–Crippen LogP) is 6.16. The van der Waals surface area contributed by atoms with Crippen LogP contribution >= 0.6 is 11.8 Å². The van der Waals surface area contributed by atoms with Crippen molar-refractivity contribution in [3.05, 3.63) is 87.1 Å². The van der Waals surface area contributed by atoms with Gasteiger partial charge in [0.25, 0.3) is 5.91 Å². The Balaban J connectivity index is 1.69. The van der Waals surface area contributed by atoms with Crippen LogP contribution in [0.1, 0.15) is 40.6 Å². The molecule has 1 fully saturated rings. The fourth-order valence-corrected chi connectivity index (χ4v) is 4.87. The van der Waals surface area contributed by atoms with Gasteiger partial charge < -0.3 is 9.88 Å². The van der Waals surface area contributed by atoms with Gasteiger partial charge in [-0.15, -0.1) is 0 Å². The first-order valence-electron chi connectivity index (χ1n) is 10.5. The summed E-state index contributed by atoms with van der Waals surface area (Å²) < 4.78 is 2.31. The standard InChI is InChI=1S/C26H27N3OS/c1-6-20-11-8-10-17(3)24(20)29-18(4)14-21(19(29)5)15-23-25(30)28-26(31-23)27-22-12-7-9-16(2)13-22/h7-15H,6H2,1-5H3,(H,27,28,30)/b23-15-. The number of carbonyl (C=O) groups is 1. The number of amidine groups is 1. The van der Waals surface area contributed by atoms with Crippen molar-refractivity contribution in [1.82, 2.24) is 9.88 Å². The Labute approximate surface area is 188 Å². The Kier molecular flexibility index (Phi) is 5.88. The molecule has 1 N–H and O–H groups in total. The molecule has 31 heavy (non-hydrogen) atoms. The largest absolute Gasteiger partial charge is 0.317 e. The van der Waals surface area contributed by atoms with Crippen LogP contribution in [0, 0.1) is 27.7 Å². The lowest BCUT2D eigenvalue weighted by Gasteiger charge is -2.17. The van der Waals surface area contributed by atoms with E-state index in [9.17, 15) is 4.79 Å². The van der Waals surface area contributed by atoms with Crippen molar-refractivity contribution in [1.29, 1.82) is 0 Å². The van der Waals surface area contributed by atoms with Gasteiger partial charge in [0.1, 0.15) is 0 Å². The minimum atomic E-state index is -0.105. The van der Waals surface area contributed by atoms with Crippen LogP contribution in [0.25, 0.3) is 11.8 Å². The molecule has 2 aromatic carbocycles. The summed E-state index contributed by atoms with van der Waals surface area (Å²) in [6, 6.07) is 16.5. The normalized spacial score (nSPS) is 16.4. The van der Waals surface area contributed by atoms with Gasteiger partial charge in [0, 0.05) is 11.4 Å². The molecule has 0 bridgehead atoms. The fourth-order valence-electron chi connectivity index (χ4n) is 4.04. The third-order valence-corrected chi connectivity index (χ3v) is 6.48. The number of nitrogens with one attached hydrogen (secondary N) is 1. The highest BCUT2D eigenvalue weighted by Crippen LogP contribution is 2.32. The molecule has 1 saturated heterocycles. The van der Waals surface area contributed by atoms with Crippen LogP contribution in [-0.4, -0.2) is 15.6 Å². The average molecular weight is 430 g/mol. The van der Waals surface area contributed by atoms with E-state index >= 15 is 0 Å². The van der Waals surface area contributed by atoms with Crippen LogP contribution in [-0.2, 0) is 11.2 Å². The van der Waals surface area contributed by atoms with Crippen LogP contribution in [0.4, 0.5) is 5.69 Å². The van der Waals surface area contributed by atoms with E-state index in [1.807, 2.05) is 37.3 Å². The maximum Gasteiger partial charge on any atom is 0.264 e. The fraction of sp³-hybridized carbons (Fsp3) is 0.231. The van der Waals surface area contributed by atoms with E-state index in [2.05, 4.69) is 66.8 Å². The second kappa shape index (κ2) is 8.60. The molecular formula is C26H27N3OS. The zero-order valence-electron chi connectivity index (χ0n) is 18.6. The highest BCUT2D eigenvalue weighted by molar-refractivity contribution is 8.18. The van der Waals surface area contributed by atoms with Crippen LogP contribution in [0.2, 0.25) is 0 Å². The van der Waals surface area contributed by atoms with E-state index in [-0.39, 0.29) is 5.91 Å². The lowest BCUT2D eigenvalue weighted by Crippen LogP contribution is -2.19. The Bertz CT molecular complexity index is 1230. The highest BCUT2D eigenvalue weighted by Gasteiger charge is 2.25. The predicted molar refractivity (Wildman–Crippen MR) is 131 cm³/mol. The molecule has 1 aromatic heterocycles. The van der Waals surface area contributed by atoms with Gasteiger partial charge in [0.15, 0.2) is 5.17 Å². The third kappa shape index (κ3) is 4.23. The molecule has 1 aliphatic rings. The van der Waals surface area contributed by atoms with Crippen molar-refractivity contribution in [2.24, 2.45) is 4.99 Å². The first-order chi connectivity index (χ1) is 14.9. The number of amides is 1. The number of hydrogen-bond donors (Lipinski definition) is 1. The summed E-state index contributed by atoms with van der Waals surface area (Å²) in [5.74, 6) is -0.105. The number of carbonyl (C=O) groups excluding carboxylic acids is 1. The summed E-state index contributed by atoms with van der Waals surface area (Å²) in [4.78, 5) is 17.8. The summed E-state index contributed by atoms with van der Waals surface area (Å²) in [5.41, 5.74) is 9.14. The van der Waals surface area contributed by atoms with Crippen molar-refractivity contribution < 1.29 is 4.79 Å². The molecule has 1 amide bonds. The van der Waals surface area contributed by atoms with Gasteiger partial charge in [-0.3, -0.25) is 4.79 Å². The zero-order chi connectivity index (χ0) is 22.1. The van der Waals surface area contributed by atoms with E-state index in [1.54, 1.807) is 0 Å². The molecule has 2 heterocycles. The minimum Gasteiger partial charge on any atom is -0.317 e. The Hall–Kier alpha value is -3.05. The van der Waals surface area contributed by atoms with Crippen molar-refractivity contribution in [2.75, 3.05) is 0 Å². The van der Waals surface area contributed by atoms with Gasteiger partial charge in [0.05, 0.1) is 16.3 Å². The maximum atomic E-state index is 12.6. The van der Waals surface area contributed by atoms with E-state index in [1.165, 1.54) is 28.6 Å². The molecule has 5 heteroatoms. The molecule has 0 radical (unpaired) electrons. The lowest BCUT2D eigenvalue weighted by atomic mass is 10.1. The van der Waals surface area contributed by atoms with E-state index in [0.29, 0.717) is 10.1 Å². The second-order valence-corrected chi connectivity index (χ2v) is 8.95. The van der Waals surface area contributed by atoms with E-state index in [4.69, 9.17) is 0 Å². The SMILES string of the molecule is CCc1cccc(C)c1-n1c(C)cc(/C=C2\SC(=Nc3cccc(C)c3)NC2=O)c1C. The van der Waals surface area contributed by atoms with Gasteiger partial charge in [-0.1, -0.05) is 37.3 Å². The number of nitrogens with zero attached hydrogens (tertiary/aromatic N) is 2. The Morgan fingerprint density at radius 3 is 2.58 bits per heavy atom. The highest BCUT2D eigenvalue weighted by atomic mass is 32.2. The molecule has 3 aromatic rings. The lowest BCUT2D eigenvalue weighted by molar-refractivity contribution is -0.115. The van der Waals surface area contributed by atoms with Crippen molar-refractivity contribution in [2.45, 2.75) is 41.0 Å². The zero-order valence-corrected chi connectivity index (χ0v) is 19.4. The van der Waals surface area contributed by atoms with Crippen LogP contribution in [0.3, 0.4) is 0 Å². The Morgan fingerprint density at radius 2 is 1.84 bits per heavy atom. The molecule has 0 spiro atoms. The minimum absolute atomic E-state index is 0.105. The molecule has 158 valence electrons. The van der Waals surface area contributed by atoms with Crippen LogP contribution in [0.5, 0.6) is 0 Å². The number of aryl methyl sites for hydroxylation is 4. The first kappa shape index (κ1) is 21.2. The van der Waals surface area contributed by atoms with E-state index < -0.39 is 0 Å². The smallest absolute Gasteiger partial charge is 0.264 e. The summed E-state index contributed by atoms with van der Waals surface area (Å²) in [6.07, 6.45) is 2.95. The number of rotatable bonds is 4. The molecule has 0 unspecified atom stereocenters. The summed E-state index contributed by atoms with van der Waals surface area (Å²) in [6.45, 7) is 10.6. The topological polar surface area (TPSA) is 46.4 Å². The number of thioether (sulfide) groups is 1. The molecule has 0 atom stereocenters. The van der Waals surface area contributed by atoms with Gasteiger partial charge in [-0.05, 0) is 92.4 Å². The summed E-state index contributed by atoms with van der Waals surface area (Å²) in [5, 5.41) is 3.50. The second-order valence-electron chi connectivity index (χ2n) is 7.92. The number of para-hydroxylation sites is 1. The quantitative estimate of drug-likeness (QED) is 0.505. The van der Waals surface area contributed by atoms with Gasteiger partial charge >= 0.3 is 0 Å². The number of aromatic nitrogens is 1. The molecule has 0 aliphatic carbocycles. The van der Waals surface area contributed by atoms with Gasteiger partial charge in [-0.25, -0.2) is 4.99 Å². The van der Waals surface area contributed by atoms with E-state index in [0.717, 1.165) is 34.6 Å². The molecule has 4 nitrogen and oxygen atoms in total. The molecule has 0 saturated carbocycles. The van der Waals surface area contributed by atoms with Crippen molar-refractivity contribution in [3.63, 3.8) is 0 Å². The summed E-state index contributed by atoms with van der Waals surface area (Å²) in [7, 11) is 0. The van der Waals surface area contributed by atoms with Crippen molar-refractivity contribution >= 4 is 34.6 Å². The summed E-state index contributed by atoms with van der Waals surface area (Å²) >= 11 is 1.39. The number of benzene rings is 2. The molecule has 4 rings (SSSR count). The van der Waals surface area contributed by atoms with Crippen molar-refractivity contribution in [3.8, 4) is 5.69 Å². The number of hydrogen-bond acceptors (Lipinski definition) is 3. The first-order valence-corrected chi connectivity index (χ1v) is 11.3. The van der Waals surface area contributed by atoms with Crippen LogP contribution < -0.4 is 5.32 Å². The average Bonchev–Trinajstić information content (AvgIpc) is 3.20. The van der Waals surface area contributed by atoms with Crippen LogP contribution in [0.15, 0.2) is 58.4 Å². The monoisotopic (exact) mass is 429 g/mol. The molecular weight excluding hydrogens is 402 g/mol. The molecule has 1 aliphatic heterocycles. The Morgan fingerprint density at radius 1 is 1.06 bits per heavy atom.